The van der Waals surface area contributed by atoms with E-state index in [-0.39, 0.29) is 11.9 Å². The molecule has 1 N–H and O–H groups in total. The molecule has 0 saturated carbocycles. The Bertz CT molecular complexity index is 528. The fourth-order valence-electron chi connectivity index (χ4n) is 1.84. The minimum atomic E-state index is -0.185. The first-order valence-corrected chi connectivity index (χ1v) is 6.17. The van der Waals surface area contributed by atoms with Gasteiger partial charge in [0.25, 0.3) is 0 Å². The molecule has 0 radical (unpaired) electrons. The molecule has 0 fully saturated rings. The molecule has 2 aromatic rings. The van der Waals surface area contributed by atoms with Crippen molar-refractivity contribution in [2.24, 2.45) is 0 Å². The highest BCUT2D eigenvalue weighted by atomic mass is 19.1. The van der Waals surface area contributed by atoms with Gasteiger partial charge in [0, 0.05) is 30.4 Å². The Hall–Kier alpha value is -1.94. The van der Waals surface area contributed by atoms with Gasteiger partial charge in [0.05, 0.1) is 7.11 Å². The van der Waals surface area contributed by atoms with E-state index in [1.54, 1.807) is 25.4 Å². The van der Waals surface area contributed by atoms with Crippen molar-refractivity contribution in [2.45, 2.75) is 19.5 Å². The number of rotatable bonds is 5. The fourth-order valence-corrected chi connectivity index (χ4v) is 1.84. The van der Waals surface area contributed by atoms with E-state index in [1.807, 2.05) is 25.1 Å². The zero-order chi connectivity index (χ0) is 13.7. The standard InChI is InChI=1S/C15H17FN2O/c1-11(13-5-3-4-6-14(13)16)17-9-12-7-8-15(19-2)18-10-12/h3-8,10-11,17H,9H2,1-2H3/t11-/m1/s1. The highest BCUT2D eigenvalue weighted by Gasteiger charge is 2.09. The second-order valence-corrected chi connectivity index (χ2v) is 4.33. The number of halogens is 1. The first-order chi connectivity index (χ1) is 9.20. The van der Waals surface area contributed by atoms with E-state index in [4.69, 9.17) is 4.74 Å². The summed E-state index contributed by atoms with van der Waals surface area (Å²) < 4.78 is 18.6. The monoisotopic (exact) mass is 260 g/mol. The Labute approximate surface area is 112 Å². The maximum atomic E-state index is 13.6. The van der Waals surface area contributed by atoms with Gasteiger partial charge in [0.15, 0.2) is 0 Å². The molecule has 1 atom stereocenters. The molecular weight excluding hydrogens is 243 g/mol. The Morgan fingerprint density at radius 2 is 2.05 bits per heavy atom. The molecule has 4 heteroatoms. The lowest BCUT2D eigenvalue weighted by Crippen LogP contribution is -2.19. The van der Waals surface area contributed by atoms with Crippen LogP contribution in [0.3, 0.4) is 0 Å². The van der Waals surface area contributed by atoms with Crippen LogP contribution in [-0.2, 0) is 6.54 Å². The molecule has 0 amide bonds. The fraction of sp³-hybridized carbons (Fsp3) is 0.267. The van der Waals surface area contributed by atoms with Crippen LogP contribution >= 0.6 is 0 Å². The second kappa shape index (κ2) is 6.29. The van der Waals surface area contributed by atoms with Crippen molar-refractivity contribution in [3.05, 3.63) is 59.5 Å². The quantitative estimate of drug-likeness (QED) is 0.897. The molecule has 2 rings (SSSR count). The van der Waals surface area contributed by atoms with Crippen LogP contribution in [0.4, 0.5) is 4.39 Å². The molecular formula is C15H17FN2O. The van der Waals surface area contributed by atoms with Crippen molar-refractivity contribution in [1.29, 1.82) is 0 Å². The lowest BCUT2D eigenvalue weighted by atomic mass is 10.1. The summed E-state index contributed by atoms with van der Waals surface area (Å²) in [6.45, 7) is 2.57. The molecule has 100 valence electrons. The van der Waals surface area contributed by atoms with Crippen LogP contribution in [-0.4, -0.2) is 12.1 Å². The van der Waals surface area contributed by atoms with Gasteiger partial charge in [-0.3, -0.25) is 0 Å². The van der Waals surface area contributed by atoms with Crippen LogP contribution in [0.5, 0.6) is 5.88 Å². The molecule has 0 bridgehead atoms. The molecule has 3 nitrogen and oxygen atoms in total. The van der Waals surface area contributed by atoms with Crippen molar-refractivity contribution in [3.63, 3.8) is 0 Å². The van der Waals surface area contributed by atoms with Gasteiger partial charge in [-0.05, 0) is 18.6 Å². The van der Waals surface area contributed by atoms with Gasteiger partial charge in [0.2, 0.25) is 5.88 Å². The maximum Gasteiger partial charge on any atom is 0.212 e. The number of aromatic nitrogens is 1. The van der Waals surface area contributed by atoms with Crippen LogP contribution in [0, 0.1) is 5.82 Å². The molecule has 19 heavy (non-hydrogen) atoms. The predicted molar refractivity (Wildman–Crippen MR) is 72.4 cm³/mol. The van der Waals surface area contributed by atoms with E-state index >= 15 is 0 Å². The van der Waals surface area contributed by atoms with Crippen LogP contribution in [0.25, 0.3) is 0 Å². The van der Waals surface area contributed by atoms with Crippen molar-refractivity contribution < 1.29 is 9.13 Å². The lowest BCUT2D eigenvalue weighted by Gasteiger charge is -2.15. The molecule has 0 spiro atoms. The summed E-state index contributed by atoms with van der Waals surface area (Å²) in [4.78, 5) is 4.13. The number of nitrogens with zero attached hydrogens (tertiary/aromatic N) is 1. The summed E-state index contributed by atoms with van der Waals surface area (Å²) in [5.74, 6) is 0.404. The average Bonchev–Trinajstić information content (AvgIpc) is 2.46. The molecule has 0 aliphatic rings. The van der Waals surface area contributed by atoms with Crippen LogP contribution in [0.2, 0.25) is 0 Å². The smallest absolute Gasteiger partial charge is 0.212 e. The highest BCUT2D eigenvalue weighted by Crippen LogP contribution is 2.16. The lowest BCUT2D eigenvalue weighted by molar-refractivity contribution is 0.397. The second-order valence-electron chi connectivity index (χ2n) is 4.33. The van der Waals surface area contributed by atoms with E-state index in [0.717, 1.165) is 5.56 Å². The Morgan fingerprint density at radius 1 is 1.26 bits per heavy atom. The Morgan fingerprint density at radius 3 is 2.68 bits per heavy atom. The minimum Gasteiger partial charge on any atom is -0.481 e. The molecule has 1 aromatic heterocycles. The summed E-state index contributed by atoms with van der Waals surface area (Å²) in [6, 6.07) is 10.5. The third-order valence-electron chi connectivity index (χ3n) is 2.99. The van der Waals surface area contributed by atoms with Gasteiger partial charge in [-0.1, -0.05) is 24.3 Å². The van der Waals surface area contributed by atoms with Gasteiger partial charge in [-0.15, -0.1) is 0 Å². The summed E-state index contributed by atoms with van der Waals surface area (Å²) in [5, 5.41) is 3.27. The summed E-state index contributed by atoms with van der Waals surface area (Å²) in [5.41, 5.74) is 1.70. The maximum absolute atomic E-state index is 13.6. The van der Waals surface area contributed by atoms with E-state index in [1.165, 1.54) is 6.07 Å². The third-order valence-corrected chi connectivity index (χ3v) is 2.99. The van der Waals surface area contributed by atoms with Crippen LogP contribution in [0.15, 0.2) is 42.6 Å². The first kappa shape index (κ1) is 13.5. The van der Waals surface area contributed by atoms with E-state index in [0.29, 0.717) is 18.0 Å². The van der Waals surface area contributed by atoms with Gasteiger partial charge in [-0.25, -0.2) is 9.37 Å². The third kappa shape index (κ3) is 3.51. The molecule has 0 unspecified atom stereocenters. The number of pyridine rings is 1. The summed E-state index contributed by atoms with van der Waals surface area (Å²) in [7, 11) is 1.58. The molecule has 0 aliphatic carbocycles. The van der Waals surface area contributed by atoms with Crippen LogP contribution in [0.1, 0.15) is 24.1 Å². The Kier molecular flexibility index (Phi) is 4.47. The topological polar surface area (TPSA) is 34.1 Å². The SMILES string of the molecule is COc1ccc(CN[C@H](C)c2ccccc2F)cn1. The first-order valence-electron chi connectivity index (χ1n) is 6.17. The molecule has 1 heterocycles. The number of methoxy groups -OCH3 is 1. The van der Waals surface area contributed by atoms with Crippen molar-refractivity contribution in [3.8, 4) is 5.88 Å². The summed E-state index contributed by atoms with van der Waals surface area (Å²) >= 11 is 0. The van der Waals surface area contributed by atoms with Gasteiger partial charge >= 0.3 is 0 Å². The number of hydrogen-bond donors (Lipinski definition) is 1. The van der Waals surface area contributed by atoms with E-state index in [2.05, 4.69) is 10.3 Å². The number of nitrogens with one attached hydrogen (secondary N) is 1. The number of benzene rings is 1. The average molecular weight is 260 g/mol. The van der Waals surface area contributed by atoms with Crippen LogP contribution < -0.4 is 10.1 Å². The number of hydrogen-bond acceptors (Lipinski definition) is 3. The zero-order valence-electron chi connectivity index (χ0n) is 11.1. The van der Waals surface area contributed by atoms with Gasteiger partial charge < -0.3 is 10.1 Å². The van der Waals surface area contributed by atoms with Crippen molar-refractivity contribution in [1.82, 2.24) is 10.3 Å². The zero-order valence-corrected chi connectivity index (χ0v) is 11.1. The van der Waals surface area contributed by atoms with Gasteiger partial charge in [0.1, 0.15) is 5.82 Å². The largest absolute Gasteiger partial charge is 0.481 e. The minimum absolute atomic E-state index is 0.0525. The molecule has 0 aliphatic heterocycles. The van der Waals surface area contributed by atoms with Crippen molar-refractivity contribution in [2.75, 3.05) is 7.11 Å². The summed E-state index contributed by atoms with van der Waals surface area (Å²) in [6.07, 6.45) is 1.75. The normalized spacial score (nSPS) is 12.2. The predicted octanol–water partition coefficient (Wildman–Crippen LogP) is 3.08. The van der Waals surface area contributed by atoms with Crippen molar-refractivity contribution >= 4 is 0 Å². The molecule has 1 aromatic carbocycles. The molecule has 0 saturated heterocycles. The van der Waals surface area contributed by atoms with E-state index < -0.39 is 0 Å². The van der Waals surface area contributed by atoms with Gasteiger partial charge in [-0.2, -0.15) is 0 Å². The Balaban J connectivity index is 1.96. The van der Waals surface area contributed by atoms with E-state index in [9.17, 15) is 4.39 Å². The number of ether oxygens (including phenoxy) is 1. The highest BCUT2D eigenvalue weighted by molar-refractivity contribution is 5.21.